The quantitative estimate of drug-likeness (QED) is 0.472. The van der Waals surface area contributed by atoms with E-state index in [1.165, 1.54) is 10.5 Å². The molecular formula is C10H10ClIOS. The van der Waals surface area contributed by atoms with Crippen molar-refractivity contribution in [1.29, 1.82) is 0 Å². The van der Waals surface area contributed by atoms with E-state index in [0.29, 0.717) is 0 Å². The molecule has 76 valence electrons. The SMILES string of the molecule is CSc1cc(C(Cl)C(C)=O)ccc1I. The van der Waals surface area contributed by atoms with Crippen molar-refractivity contribution in [3.8, 4) is 0 Å². The monoisotopic (exact) mass is 340 g/mol. The van der Waals surface area contributed by atoms with E-state index >= 15 is 0 Å². The molecule has 14 heavy (non-hydrogen) atoms. The molecule has 1 rings (SSSR count). The van der Waals surface area contributed by atoms with Crippen LogP contribution in [0.15, 0.2) is 23.1 Å². The number of alkyl halides is 1. The lowest BCUT2D eigenvalue weighted by atomic mass is 10.1. The largest absolute Gasteiger partial charge is 0.298 e. The van der Waals surface area contributed by atoms with Crippen LogP contribution in [0, 0.1) is 3.57 Å². The molecule has 0 amide bonds. The van der Waals surface area contributed by atoms with Gasteiger partial charge in [0.15, 0.2) is 5.78 Å². The van der Waals surface area contributed by atoms with Crippen LogP contribution in [0.3, 0.4) is 0 Å². The van der Waals surface area contributed by atoms with Crippen LogP contribution in [0.1, 0.15) is 17.9 Å². The fraction of sp³-hybridized carbons (Fsp3) is 0.300. The van der Waals surface area contributed by atoms with Crippen molar-refractivity contribution in [1.82, 2.24) is 0 Å². The van der Waals surface area contributed by atoms with Crippen molar-refractivity contribution < 1.29 is 4.79 Å². The molecule has 0 aromatic heterocycles. The van der Waals surface area contributed by atoms with Crippen molar-refractivity contribution in [3.63, 3.8) is 0 Å². The third-order valence-corrected chi connectivity index (χ3v) is 4.47. The van der Waals surface area contributed by atoms with E-state index < -0.39 is 5.38 Å². The highest BCUT2D eigenvalue weighted by Crippen LogP contribution is 2.28. The molecule has 4 heteroatoms. The zero-order chi connectivity index (χ0) is 10.7. The number of hydrogen-bond donors (Lipinski definition) is 0. The Bertz CT molecular complexity index is 354. The highest BCUT2D eigenvalue weighted by Gasteiger charge is 2.13. The van der Waals surface area contributed by atoms with Crippen molar-refractivity contribution >= 4 is 51.7 Å². The lowest BCUT2D eigenvalue weighted by molar-refractivity contribution is -0.116. The van der Waals surface area contributed by atoms with Crippen LogP contribution in [0.4, 0.5) is 0 Å². The number of carbonyl (C=O) groups is 1. The standard InChI is InChI=1S/C10H10ClIOS/c1-6(13)10(11)7-3-4-8(12)9(5-7)14-2/h3-5,10H,1-2H3. The molecule has 0 aliphatic carbocycles. The molecular weight excluding hydrogens is 331 g/mol. The number of carbonyl (C=O) groups excluding carboxylic acids is 1. The van der Waals surface area contributed by atoms with Gasteiger partial charge in [-0.3, -0.25) is 4.79 Å². The number of hydrogen-bond acceptors (Lipinski definition) is 2. The first-order valence-corrected chi connectivity index (χ1v) is 6.78. The van der Waals surface area contributed by atoms with E-state index in [0.717, 1.165) is 10.5 Å². The molecule has 0 heterocycles. The Morgan fingerprint density at radius 1 is 1.57 bits per heavy atom. The van der Waals surface area contributed by atoms with Crippen LogP contribution in [-0.2, 0) is 4.79 Å². The molecule has 1 aromatic rings. The number of benzene rings is 1. The fourth-order valence-electron chi connectivity index (χ4n) is 1.07. The summed E-state index contributed by atoms with van der Waals surface area (Å²) in [5, 5.41) is -0.516. The van der Waals surface area contributed by atoms with Crippen LogP contribution in [-0.4, -0.2) is 12.0 Å². The summed E-state index contributed by atoms with van der Waals surface area (Å²) in [7, 11) is 0. The minimum atomic E-state index is -0.516. The number of thioether (sulfide) groups is 1. The maximum atomic E-state index is 11.1. The average molecular weight is 341 g/mol. The van der Waals surface area contributed by atoms with Crippen molar-refractivity contribution in [2.75, 3.05) is 6.26 Å². The van der Waals surface area contributed by atoms with Gasteiger partial charge in [0.05, 0.1) is 0 Å². The van der Waals surface area contributed by atoms with Gasteiger partial charge in [0.2, 0.25) is 0 Å². The Morgan fingerprint density at radius 2 is 2.21 bits per heavy atom. The second kappa shape index (κ2) is 5.37. The van der Waals surface area contributed by atoms with Crippen LogP contribution < -0.4 is 0 Å². The molecule has 1 atom stereocenters. The van der Waals surface area contributed by atoms with Gasteiger partial charge in [-0.2, -0.15) is 0 Å². The molecule has 1 unspecified atom stereocenters. The highest BCUT2D eigenvalue weighted by atomic mass is 127. The normalized spacial score (nSPS) is 12.6. The third-order valence-electron chi connectivity index (χ3n) is 1.82. The van der Waals surface area contributed by atoms with Gasteiger partial charge in [0.25, 0.3) is 0 Å². The smallest absolute Gasteiger partial charge is 0.152 e. The second-order valence-electron chi connectivity index (χ2n) is 2.87. The van der Waals surface area contributed by atoms with Gasteiger partial charge >= 0.3 is 0 Å². The molecule has 0 fully saturated rings. The topological polar surface area (TPSA) is 17.1 Å². The van der Waals surface area contributed by atoms with E-state index in [2.05, 4.69) is 22.6 Å². The first-order chi connectivity index (χ1) is 6.56. The summed E-state index contributed by atoms with van der Waals surface area (Å²) in [5.41, 5.74) is 0.879. The summed E-state index contributed by atoms with van der Waals surface area (Å²) in [4.78, 5) is 12.3. The summed E-state index contributed by atoms with van der Waals surface area (Å²) in [6.07, 6.45) is 2.01. The van der Waals surface area contributed by atoms with Crippen LogP contribution in [0.2, 0.25) is 0 Å². The molecule has 0 saturated heterocycles. The average Bonchev–Trinajstić information content (AvgIpc) is 2.17. The Hall–Kier alpha value is 0.260. The van der Waals surface area contributed by atoms with Gasteiger partial charge in [0.1, 0.15) is 5.38 Å². The zero-order valence-electron chi connectivity index (χ0n) is 7.88. The minimum absolute atomic E-state index is 0.0140. The number of rotatable bonds is 3. The minimum Gasteiger partial charge on any atom is -0.298 e. The van der Waals surface area contributed by atoms with Gasteiger partial charge in [-0.1, -0.05) is 6.07 Å². The molecule has 0 aliphatic heterocycles. The van der Waals surface area contributed by atoms with Crippen LogP contribution in [0.25, 0.3) is 0 Å². The number of halogens is 2. The van der Waals surface area contributed by atoms with Crippen molar-refractivity contribution in [3.05, 3.63) is 27.3 Å². The van der Waals surface area contributed by atoms with Gasteiger partial charge < -0.3 is 0 Å². The summed E-state index contributed by atoms with van der Waals surface area (Å²) < 4.78 is 1.19. The van der Waals surface area contributed by atoms with Gasteiger partial charge in [-0.25, -0.2) is 0 Å². The van der Waals surface area contributed by atoms with Crippen LogP contribution >= 0.6 is 46.0 Å². The maximum absolute atomic E-state index is 11.1. The van der Waals surface area contributed by atoms with E-state index in [-0.39, 0.29) is 5.78 Å². The summed E-state index contributed by atoms with van der Waals surface area (Å²) in [6, 6.07) is 5.87. The lowest BCUT2D eigenvalue weighted by Crippen LogP contribution is -2.01. The molecule has 0 aliphatic rings. The molecule has 0 bridgehead atoms. The molecule has 0 N–H and O–H groups in total. The number of Topliss-reactive ketones (excluding diaryl/α,β-unsaturated/α-hetero) is 1. The van der Waals surface area contributed by atoms with Crippen molar-refractivity contribution in [2.45, 2.75) is 17.2 Å². The van der Waals surface area contributed by atoms with E-state index in [1.807, 2.05) is 24.5 Å². The van der Waals surface area contributed by atoms with Crippen LogP contribution in [0.5, 0.6) is 0 Å². The summed E-state index contributed by atoms with van der Waals surface area (Å²) in [5.74, 6) is -0.0140. The Morgan fingerprint density at radius 3 is 2.71 bits per heavy atom. The van der Waals surface area contributed by atoms with E-state index in [1.54, 1.807) is 11.8 Å². The predicted molar refractivity (Wildman–Crippen MR) is 70.2 cm³/mol. The summed E-state index contributed by atoms with van der Waals surface area (Å²) >= 11 is 9.89. The summed E-state index contributed by atoms with van der Waals surface area (Å²) in [6.45, 7) is 1.51. The Kier molecular flexibility index (Phi) is 4.73. The van der Waals surface area contributed by atoms with Gasteiger partial charge in [-0.05, 0) is 53.5 Å². The molecule has 0 saturated carbocycles. The zero-order valence-corrected chi connectivity index (χ0v) is 11.6. The lowest BCUT2D eigenvalue weighted by Gasteiger charge is -2.08. The molecule has 0 spiro atoms. The van der Waals surface area contributed by atoms with Gasteiger partial charge in [-0.15, -0.1) is 23.4 Å². The Balaban J connectivity index is 3.06. The predicted octanol–water partition coefficient (Wildman–Crippen LogP) is 3.88. The molecule has 0 radical (unpaired) electrons. The molecule has 1 aromatic carbocycles. The third kappa shape index (κ3) is 2.87. The highest BCUT2D eigenvalue weighted by molar-refractivity contribution is 14.1. The first-order valence-electron chi connectivity index (χ1n) is 4.04. The fourth-order valence-corrected chi connectivity index (χ4v) is 2.72. The first kappa shape index (κ1) is 12.3. The van der Waals surface area contributed by atoms with Gasteiger partial charge in [0, 0.05) is 8.47 Å². The second-order valence-corrected chi connectivity index (χ2v) is 5.31. The van der Waals surface area contributed by atoms with E-state index in [4.69, 9.17) is 11.6 Å². The molecule has 1 nitrogen and oxygen atoms in total. The number of ketones is 1. The maximum Gasteiger partial charge on any atom is 0.152 e. The van der Waals surface area contributed by atoms with Crippen molar-refractivity contribution in [2.24, 2.45) is 0 Å². The van der Waals surface area contributed by atoms with E-state index in [9.17, 15) is 4.79 Å². The Labute approximate surface area is 107 Å².